The van der Waals surface area contributed by atoms with Gasteiger partial charge in [0.2, 0.25) is 10.0 Å². The Morgan fingerprint density at radius 1 is 1.06 bits per heavy atom. The van der Waals surface area contributed by atoms with Crippen molar-refractivity contribution in [1.29, 1.82) is 0 Å². The number of carbonyl (C=O) groups excluding carboxylic acids is 1. The molecule has 0 amide bonds. The van der Waals surface area contributed by atoms with Crippen molar-refractivity contribution in [3.8, 4) is 5.75 Å². The van der Waals surface area contributed by atoms with Crippen molar-refractivity contribution >= 4 is 27.0 Å². The zero-order valence-electron chi connectivity index (χ0n) is 17.3. The van der Waals surface area contributed by atoms with E-state index in [9.17, 15) is 18.0 Å². The van der Waals surface area contributed by atoms with E-state index in [-0.39, 0.29) is 16.3 Å². The summed E-state index contributed by atoms with van der Waals surface area (Å²) in [4.78, 5) is 24.8. The van der Waals surface area contributed by atoms with Crippen LogP contribution in [0.15, 0.2) is 56.6 Å². The second kappa shape index (κ2) is 8.28. The Morgan fingerprint density at radius 2 is 1.74 bits per heavy atom. The van der Waals surface area contributed by atoms with Gasteiger partial charge in [-0.2, -0.15) is 4.72 Å². The normalized spacial score (nSPS) is 14.8. The van der Waals surface area contributed by atoms with Gasteiger partial charge in [0.15, 0.2) is 0 Å². The average Bonchev–Trinajstić information content (AvgIpc) is 2.74. The van der Waals surface area contributed by atoms with Crippen molar-refractivity contribution in [3.05, 3.63) is 69.6 Å². The van der Waals surface area contributed by atoms with Crippen LogP contribution in [0.4, 0.5) is 0 Å². The summed E-state index contributed by atoms with van der Waals surface area (Å²) in [6.45, 7) is 3.26. The molecule has 0 saturated heterocycles. The molecule has 1 aromatic heterocycles. The van der Waals surface area contributed by atoms with Crippen molar-refractivity contribution in [3.63, 3.8) is 0 Å². The summed E-state index contributed by atoms with van der Waals surface area (Å²) in [5, 5.41) is 0.835. The largest absolute Gasteiger partial charge is 0.425 e. The van der Waals surface area contributed by atoms with Gasteiger partial charge in [-0.25, -0.2) is 18.0 Å². The molecular formula is C23H23NO6S. The van der Waals surface area contributed by atoms with Crippen LogP contribution in [0.25, 0.3) is 11.0 Å². The number of carbonyl (C=O) groups is 1. The van der Waals surface area contributed by atoms with Crippen LogP contribution < -0.4 is 15.1 Å². The predicted molar refractivity (Wildman–Crippen MR) is 116 cm³/mol. The van der Waals surface area contributed by atoms with E-state index in [0.29, 0.717) is 12.0 Å². The molecule has 0 bridgehead atoms. The number of fused-ring (bicyclic) bond motifs is 3. The van der Waals surface area contributed by atoms with E-state index in [1.165, 1.54) is 25.1 Å². The monoisotopic (exact) mass is 441 g/mol. The summed E-state index contributed by atoms with van der Waals surface area (Å²) in [7, 11) is -3.87. The Balaban J connectivity index is 1.52. The highest BCUT2D eigenvalue weighted by Crippen LogP contribution is 2.29. The number of hydrogen-bond acceptors (Lipinski definition) is 6. The van der Waals surface area contributed by atoms with Gasteiger partial charge >= 0.3 is 11.6 Å². The van der Waals surface area contributed by atoms with E-state index in [1.54, 1.807) is 24.3 Å². The van der Waals surface area contributed by atoms with Crippen LogP contribution in [0.1, 0.15) is 36.5 Å². The molecular weight excluding hydrogens is 418 g/mol. The molecule has 162 valence electrons. The van der Waals surface area contributed by atoms with Crippen LogP contribution in [0, 0.1) is 6.92 Å². The number of rotatable bonds is 5. The first kappa shape index (κ1) is 21.3. The second-order valence-electron chi connectivity index (χ2n) is 7.79. The van der Waals surface area contributed by atoms with Gasteiger partial charge in [-0.3, -0.25) is 0 Å². The second-order valence-corrected chi connectivity index (χ2v) is 9.50. The standard InChI is InChI=1S/C23H23NO6S/c1-14-7-10-17(11-8-14)31(27,28)24-15(2)22(25)29-16-9-12-19-18-5-3-4-6-20(18)23(26)30-21(19)13-16/h7-13,15,24H,3-6H2,1-2H3. The van der Waals surface area contributed by atoms with Gasteiger partial charge in [0, 0.05) is 17.0 Å². The van der Waals surface area contributed by atoms with Crippen LogP contribution in [0.3, 0.4) is 0 Å². The van der Waals surface area contributed by atoms with Crippen LogP contribution in [0.2, 0.25) is 0 Å². The smallest absolute Gasteiger partial charge is 0.339 e. The molecule has 1 atom stereocenters. The predicted octanol–water partition coefficient (Wildman–Crippen LogP) is 3.25. The van der Waals surface area contributed by atoms with Crippen molar-refractivity contribution in [2.45, 2.75) is 50.5 Å². The van der Waals surface area contributed by atoms with Crippen molar-refractivity contribution in [1.82, 2.24) is 4.72 Å². The fourth-order valence-electron chi connectivity index (χ4n) is 3.76. The molecule has 1 heterocycles. The van der Waals surface area contributed by atoms with Crippen LogP contribution in [0.5, 0.6) is 5.75 Å². The zero-order chi connectivity index (χ0) is 22.2. The fourth-order valence-corrected chi connectivity index (χ4v) is 4.95. The number of sulfonamides is 1. The lowest BCUT2D eigenvalue weighted by molar-refractivity contribution is -0.135. The van der Waals surface area contributed by atoms with Crippen LogP contribution in [-0.2, 0) is 27.7 Å². The molecule has 0 radical (unpaired) electrons. The third-order valence-electron chi connectivity index (χ3n) is 5.43. The van der Waals surface area contributed by atoms with E-state index in [1.807, 2.05) is 6.92 Å². The summed E-state index contributed by atoms with van der Waals surface area (Å²) in [5.74, 6) is -0.590. The summed E-state index contributed by atoms with van der Waals surface area (Å²) < 4.78 is 38.1. The maximum Gasteiger partial charge on any atom is 0.339 e. The summed E-state index contributed by atoms with van der Waals surface area (Å²) in [6.07, 6.45) is 3.51. The molecule has 31 heavy (non-hydrogen) atoms. The summed E-state index contributed by atoms with van der Waals surface area (Å²) in [5.41, 5.74) is 2.64. The summed E-state index contributed by atoms with van der Waals surface area (Å²) in [6, 6.07) is 10.1. The molecule has 7 nitrogen and oxygen atoms in total. The minimum absolute atomic E-state index is 0.0648. The molecule has 1 N–H and O–H groups in total. The highest BCUT2D eigenvalue weighted by Gasteiger charge is 2.24. The third kappa shape index (κ3) is 4.40. The highest BCUT2D eigenvalue weighted by molar-refractivity contribution is 7.89. The number of esters is 1. The van der Waals surface area contributed by atoms with Gasteiger partial charge in [-0.15, -0.1) is 0 Å². The molecule has 1 aliphatic carbocycles. The van der Waals surface area contributed by atoms with E-state index >= 15 is 0 Å². The fraction of sp³-hybridized carbons (Fsp3) is 0.304. The van der Waals surface area contributed by atoms with Gasteiger partial charge in [0.25, 0.3) is 0 Å². The lowest BCUT2D eigenvalue weighted by Gasteiger charge is -2.17. The Labute approximate surface area is 180 Å². The number of hydrogen-bond donors (Lipinski definition) is 1. The third-order valence-corrected chi connectivity index (χ3v) is 6.99. The van der Waals surface area contributed by atoms with Crippen molar-refractivity contribution in [2.24, 2.45) is 0 Å². The maximum absolute atomic E-state index is 12.5. The molecule has 4 rings (SSSR count). The number of ether oxygens (including phenoxy) is 1. The first-order valence-electron chi connectivity index (χ1n) is 10.1. The SMILES string of the molecule is Cc1ccc(S(=O)(=O)NC(C)C(=O)Oc2ccc3c4c(c(=O)oc3c2)CCCC4)cc1. The molecule has 0 fully saturated rings. The van der Waals surface area contributed by atoms with Gasteiger partial charge in [-0.05, 0) is 69.4 Å². The molecule has 0 saturated carbocycles. The van der Waals surface area contributed by atoms with Gasteiger partial charge in [0.1, 0.15) is 17.4 Å². The average molecular weight is 442 g/mol. The molecule has 2 aromatic carbocycles. The lowest BCUT2D eigenvalue weighted by Crippen LogP contribution is -2.40. The Kier molecular flexibility index (Phi) is 5.68. The highest BCUT2D eigenvalue weighted by atomic mass is 32.2. The minimum atomic E-state index is -3.87. The topological polar surface area (TPSA) is 103 Å². The van der Waals surface area contributed by atoms with Crippen molar-refractivity contribution < 1.29 is 22.4 Å². The van der Waals surface area contributed by atoms with Crippen molar-refractivity contribution in [2.75, 3.05) is 0 Å². The Morgan fingerprint density at radius 3 is 2.45 bits per heavy atom. The lowest BCUT2D eigenvalue weighted by atomic mass is 9.91. The molecule has 8 heteroatoms. The summed E-state index contributed by atoms with van der Waals surface area (Å²) >= 11 is 0. The van der Waals surface area contributed by atoms with Gasteiger partial charge in [0.05, 0.1) is 4.90 Å². The number of aryl methyl sites for hydroxylation is 2. The quantitative estimate of drug-likeness (QED) is 0.370. The zero-order valence-corrected chi connectivity index (χ0v) is 18.1. The Hall–Kier alpha value is -2.97. The molecule has 0 aliphatic heterocycles. The molecule has 0 spiro atoms. The number of benzene rings is 2. The van der Waals surface area contributed by atoms with Crippen LogP contribution >= 0.6 is 0 Å². The Bertz CT molecular complexity index is 1310. The van der Waals surface area contributed by atoms with Crippen LogP contribution in [-0.4, -0.2) is 20.4 Å². The maximum atomic E-state index is 12.5. The van der Waals surface area contributed by atoms with E-state index in [2.05, 4.69) is 4.72 Å². The first-order chi connectivity index (χ1) is 14.7. The van der Waals surface area contributed by atoms with E-state index < -0.39 is 22.0 Å². The molecule has 1 aliphatic rings. The molecule has 3 aromatic rings. The minimum Gasteiger partial charge on any atom is -0.425 e. The first-order valence-corrected chi connectivity index (χ1v) is 11.6. The van der Waals surface area contributed by atoms with Gasteiger partial charge in [-0.1, -0.05) is 17.7 Å². The van der Waals surface area contributed by atoms with Gasteiger partial charge < -0.3 is 9.15 Å². The molecule has 1 unspecified atom stereocenters. The van der Waals surface area contributed by atoms with E-state index in [0.717, 1.165) is 41.3 Å². The van der Waals surface area contributed by atoms with E-state index in [4.69, 9.17) is 9.15 Å². The number of nitrogens with one attached hydrogen (secondary N) is 1.